The summed E-state index contributed by atoms with van der Waals surface area (Å²) in [6, 6.07) is 6.01. The Morgan fingerprint density at radius 2 is 2.08 bits per heavy atom. The Morgan fingerprint density at radius 3 is 2.79 bits per heavy atom. The van der Waals surface area contributed by atoms with Crippen molar-refractivity contribution in [1.82, 2.24) is 5.32 Å². The van der Waals surface area contributed by atoms with Crippen molar-refractivity contribution in [1.29, 1.82) is 0 Å². The minimum Gasteiger partial charge on any atom is -0.405 e. The summed E-state index contributed by atoms with van der Waals surface area (Å²) in [5, 5.41) is 2.85. The molecule has 7 heteroatoms. The molecule has 3 unspecified atom stereocenters. The molecular weight excluding hydrogens is 323 g/mol. The smallest absolute Gasteiger partial charge is 0.405 e. The van der Waals surface area contributed by atoms with Gasteiger partial charge >= 0.3 is 6.36 Å². The van der Waals surface area contributed by atoms with Crippen LogP contribution in [0.25, 0.3) is 0 Å². The third-order valence-corrected chi connectivity index (χ3v) is 4.45. The lowest BCUT2D eigenvalue weighted by Gasteiger charge is -2.22. The summed E-state index contributed by atoms with van der Waals surface area (Å²) in [6.07, 6.45) is -1.09. The second-order valence-corrected chi connectivity index (χ2v) is 6.27. The van der Waals surface area contributed by atoms with Crippen LogP contribution in [0.15, 0.2) is 24.3 Å². The van der Waals surface area contributed by atoms with Crippen LogP contribution in [0, 0.1) is 5.92 Å². The Labute approximate surface area is 138 Å². The number of ether oxygens (including phenoxy) is 2. The van der Waals surface area contributed by atoms with Crippen molar-refractivity contribution in [3.05, 3.63) is 29.8 Å². The maximum Gasteiger partial charge on any atom is 0.573 e. The van der Waals surface area contributed by atoms with Crippen LogP contribution < -0.4 is 10.1 Å². The molecule has 2 fully saturated rings. The van der Waals surface area contributed by atoms with Gasteiger partial charge in [-0.15, -0.1) is 13.2 Å². The van der Waals surface area contributed by atoms with Crippen molar-refractivity contribution < 1.29 is 27.4 Å². The van der Waals surface area contributed by atoms with Crippen molar-refractivity contribution in [2.75, 3.05) is 13.2 Å². The van der Waals surface area contributed by atoms with Gasteiger partial charge in [-0.05, 0) is 43.2 Å². The lowest BCUT2D eigenvalue weighted by atomic mass is 10.1. The van der Waals surface area contributed by atoms with E-state index in [-0.39, 0.29) is 29.6 Å². The molecule has 1 heterocycles. The van der Waals surface area contributed by atoms with Gasteiger partial charge in [0.25, 0.3) is 0 Å². The highest BCUT2D eigenvalue weighted by atomic mass is 19.4. The molecule has 132 valence electrons. The number of hydrogen-bond acceptors (Lipinski definition) is 3. The summed E-state index contributed by atoms with van der Waals surface area (Å²) in [4.78, 5) is 12.2. The monoisotopic (exact) mass is 343 g/mol. The van der Waals surface area contributed by atoms with E-state index in [9.17, 15) is 18.0 Å². The van der Waals surface area contributed by atoms with E-state index in [1.165, 1.54) is 12.1 Å². The van der Waals surface area contributed by atoms with E-state index >= 15 is 0 Å². The Bertz CT molecular complexity index is 585. The van der Waals surface area contributed by atoms with Gasteiger partial charge in [-0.25, -0.2) is 0 Å². The molecule has 1 aliphatic carbocycles. The highest BCUT2D eigenvalue weighted by molar-refractivity contribution is 5.83. The minimum atomic E-state index is -4.74. The number of para-hydroxylation sites is 1. The third-order valence-electron chi connectivity index (χ3n) is 4.45. The molecule has 1 N–H and O–H groups in total. The standard InChI is InChI=1S/C17H20F3NO3/c18-17(19,20)24-15-7-2-1-6-12(15)13-9-14(13)16(22)21-10-11-5-3-4-8-23-11/h1-2,6-7,11,13-14H,3-5,8-10H2,(H,21,22). The second kappa shape index (κ2) is 7.01. The first-order valence-corrected chi connectivity index (χ1v) is 8.18. The quantitative estimate of drug-likeness (QED) is 0.892. The summed E-state index contributed by atoms with van der Waals surface area (Å²) in [6.45, 7) is 1.18. The van der Waals surface area contributed by atoms with Gasteiger partial charge in [0.05, 0.1) is 6.10 Å². The predicted octanol–water partition coefficient (Wildman–Crippen LogP) is 3.37. The molecule has 1 aromatic rings. The van der Waals surface area contributed by atoms with E-state index in [1.54, 1.807) is 12.1 Å². The Morgan fingerprint density at radius 1 is 1.29 bits per heavy atom. The number of amides is 1. The molecule has 24 heavy (non-hydrogen) atoms. The normalized spacial score (nSPS) is 26.7. The summed E-state index contributed by atoms with van der Waals surface area (Å²) >= 11 is 0. The predicted molar refractivity (Wildman–Crippen MR) is 80.6 cm³/mol. The number of carbonyl (C=O) groups is 1. The van der Waals surface area contributed by atoms with E-state index in [4.69, 9.17) is 4.74 Å². The van der Waals surface area contributed by atoms with Crippen LogP contribution in [-0.4, -0.2) is 31.5 Å². The van der Waals surface area contributed by atoms with Crippen LogP contribution in [0.3, 0.4) is 0 Å². The van der Waals surface area contributed by atoms with E-state index in [0.717, 1.165) is 25.9 Å². The summed E-state index contributed by atoms with van der Waals surface area (Å²) < 4.78 is 47.0. The maximum absolute atomic E-state index is 12.5. The lowest BCUT2D eigenvalue weighted by Crippen LogP contribution is -2.36. The molecule has 3 rings (SSSR count). The van der Waals surface area contributed by atoms with Gasteiger partial charge in [0.15, 0.2) is 0 Å². The van der Waals surface area contributed by atoms with Crippen molar-refractivity contribution >= 4 is 5.91 Å². The molecule has 3 atom stereocenters. The van der Waals surface area contributed by atoms with Crippen molar-refractivity contribution in [2.45, 2.75) is 44.1 Å². The molecule has 1 aromatic carbocycles. The SMILES string of the molecule is O=C(NCC1CCCCO1)C1CC1c1ccccc1OC(F)(F)F. The minimum absolute atomic E-state index is 0.0424. The number of nitrogens with one attached hydrogen (secondary N) is 1. The van der Waals surface area contributed by atoms with Gasteiger partial charge in [0.1, 0.15) is 5.75 Å². The van der Waals surface area contributed by atoms with Gasteiger partial charge in [0.2, 0.25) is 5.91 Å². The van der Waals surface area contributed by atoms with E-state index < -0.39 is 6.36 Å². The molecule has 0 bridgehead atoms. The van der Waals surface area contributed by atoms with Crippen molar-refractivity contribution in [3.8, 4) is 5.75 Å². The Hall–Kier alpha value is -1.76. The first-order valence-electron chi connectivity index (χ1n) is 8.18. The fraction of sp³-hybridized carbons (Fsp3) is 0.588. The molecule has 1 aliphatic heterocycles. The highest BCUT2D eigenvalue weighted by Gasteiger charge is 2.46. The molecule has 2 aliphatic rings. The zero-order valence-corrected chi connectivity index (χ0v) is 13.1. The number of carbonyl (C=O) groups excluding carboxylic acids is 1. The average Bonchev–Trinajstić information content (AvgIpc) is 3.33. The first kappa shape index (κ1) is 17.1. The van der Waals surface area contributed by atoms with Crippen LogP contribution in [-0.2, 0) is 9.53 Å². The largest absolute Gasteiger partial charge is 0.573 e. The van der Waals surface area contributed by atoms with Crippen LogP contribution in [0.1, 0.15) is 37.2 Å². The molecule has 1 amide bonds. The topological polar surface area (TPSA) is 47.6 Å². The van der Waals surface area contributed by atoms with Gasteiger partial charge < -0.3 is 14.8 Å². The Balaban J connectivity index is 1.55. The van der Waals surface area contributed by atoms with Crippen LogP contribution in [0.5, 0.6) is 5.75 Å². The fourth-order valence-corrected chi connectivity index (χ4v) is 3.15. The van der Waals surface area contributed by atoms with Gasteiger partial charge in [0, 0.05) is 19.1 Å². The van der Waals surface area contributed by atoms with Crippen molar-refractivity contribution in [3.63, 3.8) is 0 Å². The molecule has 0 spiro atoms. The highest BCUT2D eigenvalue weighted by Crippen LogP contribution is 2.51. The van der Waals surface area contributed by atoms with E-state index in [2.05, 4.69) is 10.1 Å². The van der Waals surface area contributed by atoms with Crippen molar-refractivity contribution in [2.24, 2.45) is 5.92 Å². The summed E-state index contributed by atoms with van der Waals surface area (Å²) in [5.41, 5.74) is 0.434. The maximum atomic E-state index is 12.5. The molecular formula is C17H20F3NO3. The molecule has 4 nitrogen and oxygen atoms in total. The van der Waals surface area contributed by atoms with Crippen LogP contribution in [0.2, 0.25) is 0 Å². The Kier molecular flexibility index (Phi) is 4.99. The summed E-state index contributed by atoms with van der Waals surface area (Å²) in [7, 11) is 0. The van der Waals surface area contributed by atoms with Gasteiger partial charge in [-0.2, -0.15) is 0 Å². The van der Waals surface area contributed by atoms with Crippen LogP contribution >= 0.6 is 0 Å². The van der Waals surface area contributed by atoms with E-state index in [0.29, 0.717) is 18.5 Å². The third kappa shape index (κ3) is 4.41. The summed E-state index contributed by atoms with van der Waals surface area (Å²) in [5.74, 6) is -0.876. The number of alkyl halides is 3. The van der Waals surface area contributed by atoms with Crippen LogP contribution in [0.4, 0.5) is 13.2 Å². The fourth-order valence-electron chi connectivity index (χ4n) is 3.15. The first-order chi connectivity index (χ1) is 11.4. The number of hydrogen-bond donors (Lipinski definition) is 1. The zero-order valence-electron chi connectivity index (χ0n) is 13.1. The number of benzene rings is 1. The lowest BCUT2D eigenvalue weighted by molar-refractivity contribution is -0.274. The molecule has 1 saturated heterocycles. The van der Waals surface area contributed by atoms with Gasteiger partial charge in [-0.3, -0.25) is 4.79 Å². The molecule has 0 aromatic heterocycles. The number of rotatable bonds is 5. The second-order valence-electron chi connectivity index (χ2n) is 6.27. The average molecular weight is 343 g/mol. The zero-order chi connectivity index (χ0) is 17.2. The number of halogens is 3. The molecule has 1 saturated carbocycles. The van der Waals surface area contributed by atoms with Gasteiger partial charge in [-0.1, -0.05) is 18.2 Å². The van der Waals surface area contributed by atoms with E-state index in [1.807, 2.05) is 0 Å². The molecule has 0 radical (unpaired) electrons.